The number of carbonyl (C=O) groups excluding carboxylic acids is 1. The average molecular weight is 261 g/mol. The zero-order valence-corrected chi connectivity index (χ0v) is 11.6. The van der Waals surface area contributed by atoms with Gasteiger partial charge in [0.05, 0.1) is 11.2 Å². The van der Waals surface area contributed by atoms with Crippen molar-refractivity contribution in [2.24, 2.45) is 0 Å². The van der Waals surface area contributed by atoms with Crippen molar-refractivity contribution in [3.8, 4) is 11.3 Å². The van der Waals surface area contributed by atoms with Crippen LogP contribution in [0.3, 0.4) is 0 Å². The fraction of sp³-hybridized carbons (Fsp3) is 0.167. The molecule has 0 saturated carbocycles. The van der Waals surface area contributed by atoms with Gasteiger partial charge in [-0.05, 0) is 37.1 Å². The second-order valence-electron chi connectivity index (χ2n) is 5.39. The lowest BCUT2D eigenvalue weighted by Gasteiger charge is -2.02. The summed E-state index contributed by atoms with van der Waals surface area (Å²) in [7, 11) is 0. The highest BCUT2D eigenvalue weighted by molar-refractivity contribution is 6.15. The molecule has 4 rings (SSSR count). The van der Waals surface area contributed by atoms with E-state index in [2.05, 4.69) is 38.1 Å². The minimum atomic E-state index is 0.101. The highest BCUT2D eigenvalue weighted by atomic mass is 16.2. The zero-order valence-electron chi connectivity index (χ0n) is 11.6. The summed E-state index contributed by atoms with van der Waals surface area (Å²) in [4.78, 5) is 12.7. The molecule has 2 aromatic carbocycles. The van der Waals surface area contributed by atoms with Gasteiger partial charge in [-0.15, -0.1) is 0 Å². The number of aromatic nitrogens is 1. The molecular weight excluding hydrogens is 246 g/mol. The maximum atomic E-state index is 12.7. The van der Waals surface area contributed by atoms with Gasteiger partial charge in [-0.3, -0.25) is 9.36 Å². The Balaban J connectivity index is 2.21. The van der Waals surface area contributed by atoms with E-state index < -0.39 is 0 Å². The molecule has 1 aliphatic heterocycles. The van der Waals surface area contributed by atoms with E-state index in [1.807, 2.05) is 22.8 Å². The Morgan fingerprint density at radius 3 is 2.55 bits per heavy atom. The Morgan fingerprint density at radius 1 is 1.05 bits per heavy atom. The van der Waals surface area contributed by atoms with Gasteiger partial charge < -0.3 is 0 Å². The molecule has 1 aromatic heterocycles. The van der Waals surface area contributed by atoms with E-state index in [0.717, 1.165) is 28.8 Å². The monoisotopic (exact) mass is 261 g/mol. The molecule has 0 radical (unpaired) electrons. The van der Waals surface area contributed by atoms with Crippen LogP contribution in [0.1, 0.15) is 28.4 Å². The van der Waals surface area contributed by atoms with E-state index in [9.17, 15) is 4.79 Å². The molecule has 2 heterocycles. The van der Waals surface area contributed by atoms with Crippen LogP contribution in [0.25, 0.3) is 22.2 Å². The van der Waals surface area contributed by atoms with Crippen LogP contribution in [0.5, 0.6) is 0 Å². The predicted octanol–water partition coefficient (Wildman–Crippen LogP) is 4.18. The van der Waals surface area contributed by atoms with Crippen molar-refractivity contribution in [2.45, 2.75) is 20.3 Å². The van der Waals surface area contributed by atoms with Crippen LogP contribution in [0.2, 0.25) is 0 Å². The number of fused-ring (bicyclic) bond motifs is 5. The van der Waals surface area contributed by atoms with Gasteiger partial charge in [0.1, 0.15) is 0 Å². The van der Waals surface area contributed by atoms with Crippen molar-refractivity contribution in [1.82, 2.24) is 4.57 Å². The SMILES string of the molecule is CCc1c2n(c3ccc(C)cc13)C(=O)c1ccccc1-2. The van der Waals surface area contributed by atoms with E-state index in [-0.39, 0.29) is 5.91 Å². The summed E-state index contributed by atoms with van der Waals surface area (Å²) in [5, 5.41) is 1.21. The maximum absolute atomic E-state index is 12.7. The normalized spacial score (nSPS) is 12.8. The van der Waals surface area contributed by atoms with Gasteiger partial charge in [0.2, 0.25) is 0 Å². The molecule has 0 saturated heterocycles. The molecule has 1 aliphatic rings. The highest BCUT2D eigenvalue weighted by Gasteiger charge is 2.31. The molecule has 2 nitrogen and oxygen atoms in total. The molecule has 20 heavy (non-hydrogen) atoms. The lowest BCUT2D eigenvalue weighted by Crippen LogP contribution is -2.05. The molecule has 0 atom stereocenters. The fourth-order valence-corrected chi connectivity index (χ4v) is 3.32. The third kappa shape index (κ3) is 1.26. The van der Waals surface area contributed by atoms with E-state index >= 15 is 0 Å². The van der Waals surface area contributed by atoms with Gasteiger partial charge in [-0.1, -0.05) is 36.8 Å². The number of carbonyl (C=O) groups is 1. The summed E-state index contributed by atoms with van der Waals surface area (Å²) in [5.41, 5.74) is 6.53. The Morgan fingerprint density at radius 2 is 1.80 bits per heavy atom. The van der Waals surface area contributed by atoms with Crippen LogP contribution >= 0.6 is 0 Å². The number of hydrogen-bond acceptors (Lipinski definition) is 1. The van der Waals surface area contributed by atoms with E-state index in [1.165, 1.54) is 16.5 Å². The van der Waals surface area contributed by atoms with Crippen molar-refractivity contribution in [2.75, 3.05) is 0 Å². The lowest BCUT2D eigenvalue weighted by atomic mass is 10.00. The largest absolute Gasteiger partial charge is 0.275 e. The first-order chi connectivity index (χ1) is 9.72. The Bertz CT molecular complexity index is 871. The molecule has 0 fully saturated rings. The number of hydrogen-bond donors (Lipinski definition) is 0. The third-order valence-corrected chi connectivity index (χ3v) is 4.20. The van der Waals surface area contributed by atoms with Gasteiger partial charge in [0.15, 0.2) is 0 Å². The quantitative estimate of drug-likeness (QED) is 0.504. The predicted molar refractivity (Wildman–Crippen MR) is 81.2 cm³/mol. The van der Waals surface area contributed by atoms with Crippen LogP contribution in [0.15, 0.2) is 42.5 Å². The molecule has 0 aliphatic carbocycles. The summed E-state index contributed by atoms with van der Waals surface area (Å²) in [5.74, 6) is 0.101. The summed E-state index contributed by atoms with van der Waals surface area (Å²) < 4.78 is 1.89. The Hall–Kier alpha value is -2.35. The first kappa shape index (κ1) is 11.5. The van der Waals surface area contributed by atoms with Gasteiger partial charge in [0, 0.05) is 16.5 Å². The summed E-state index contributed by atoms with van der Waals surface area (Å²) >= 11 is 0. The molecule has 0 amide bonds. The first-order valence-corrected chi connectivity index (χ1v) is 7.00. The van der Waals surface area contributed by atoms with Crippen molar-refractivity contribution < 1.29 is 4.79 Å². The molecular formula is C18H15NO. The zero-order chi connectivity index (χ0) is 13.9. The van der Waals surface area contributed by atoms with Crippen molar-refractivity contribution in [3.63, 3.8) is 0 Å². The molecule has 0 bridgehead atoms. The van der Waals surface area contributed by atoms with Crippen molar-refractivity contribution >= 4 is 16.8 Å². The average Bonchev–Trinajstić information content (AvgIpc) is 2.93. The summed E-state index contributed by atoms with van der Waals surface area (Å²) in [6.07, 6.45) is 0.934. The maximum Gasteiger partial charge on any atom is 0.263 e. The molecule has 0 unspecified atom stereocenters. The second-order valence-corrected chi connectivity index (χ2v) is 5.39. The van der Waals surface area contributed by atoms with E-state index in [4.69, 9.17) is 0 Å². The topological polar surface area (TPSA) is 22.0 Å². The second kappa shape index (κ2) is 3.83. The fourth-order valence-electron chi connectivity index (χ4n) is 3.32. The van der Waals surface area contributed by atoms with Crippen LogP contribution in [0.4, 0.5) is 0 Å². The molecule has 98 valence electrons. The highest BCUT2D eigenvalue weighted by Crippen LogP contribution is 2.41. The standard InChI is InChI=1S/C18H15NO/c1-3-12-15-10-11(2)8-9-16(15)19-17(12)13-6-4-5-7-14(13)18(19)20/h4-10H,3H2,1-2H3. The summed E-state index contributed by atoms with van der Waals surface area (Å²) in [6.45, 7) is 4.25. The van der Waals surface area contributed by atoms with Crippen LogP contribution < -0.4 is 0 Å². The minimum Gasteiger partial charge on any atom is -0.275 e. The van der Waals surface area contributed by atoms with Crippen molar-refractivity contribution in [1.29, 1.82) is 0 Å². The summed E-state index contributed by atoms with van der Waals surface area (Å²) in [6, 6.07) is 14.2. The number of rotatable bonds is 1. The van der Waals surface area contributed by atoms with Crippen LogP contribution in [-0.4, -0.2) is 10.5 Å². The Labute approximate surface area is 117 Å². The number of nitrogens with zero attached hydrogens (tertiary/aromatic N) is 1. The first-order valence-electron chi connectivity index (χ1n) is 7.00. The molecule has 0 N–H and O–H groups in total. The minimum absolute atomic E-state index is 0.101. The molecule has 3 aromatic rings. The molecule has 2 heteroatoms. The van der Waals surface area contributed by atoms with Crippen molar-refractivity contribution in [3.05, 3.63) is 59.2 Å². The van der Waals surface area contributed by atoms with Gasteiger partial charge in [0.25, 0.3) is 5.91 Å². The Kier molecular flexibility index (Phi) is 2.19. The van der Waals surface area contributed by atoms with Crippen LogP contribution in [0, 0.1) is 6.92 Å². The van der Waals surface area contributed by atoms with E-state index in [0.29, 0.717) is 0 Å². The van der Waals surface area contributed by atoms with E-state index in [1.54, 1.807) is 0 Å². The number of aryl methyl sites for hydroxylation is 2. The van der Waals surface area contributed by atoms with Crippen LogP contribution in [-0.2, 0) is 6.42 Å². The van der Waals surface area contributed by atoms with Gasteiger partial charge >= 0.3 is 0 Å². The smallest absolute Gasteiger partial charge is 0.263 e. The van der Waals surface area contributed by atoms with Gasteiger partial charge in [-0.2, -0.15) is 0 Å². The third-order valence-electron chi connectivity index (χ3n) is 4.20. The lowest BCUT2D eigenvalue weighted by molar-refractivity contribution is 0.0973. The van der Waals surface area contributed by atoms with Gasteiger partial charge in [-0.25, -0.2) is 0 Å². The number of benzene rings is 2. The molecule has 0 spiro atoms.